The second-order valence-electron chi connectivity index (χ2n) is 6.89. The minimum Gasteiger partial charge on any atom is -0.361 e. The molecular formula is C20H31ClN2. The van der Waals surface area contributed by atoms with Gasteiger partial charge in [-0.05, 0) is 62.9 Å². The number of unbranched alkanes of at least 4 members (excludes halogenated alkanes) is 1. The Bertz CT molecular complexity index is 570. The van der Waals surface area contributed by atoms with E-state index in [2.05, 4.69) is 47.3 Å². The highest BCUT2D eigenvalue weighted by molar-refractivity contribution is 5.85. The van der Waals surface area contributed by atoms with Gasteiger partial charge in [-0.1, -0.05) is 44.4 Å². The molecule has 23 heavy (non-hydrogen) atoms. The quantitative estimate of drug-likeness (QED) is 0.715. The minimum absolute atomic E-state index is 0. The zero-order valence-electron chi connectivity index (χ0n) is 14.4. The standard InChI is InChI=1S/C20H30N2.ClH/c1-2-3-7-17-11-14-22(15-12-17)13-6-8-18-16-21-20-10-5-4-9-19(18)20;/h4-5,9-10,16-17,21H,2-3,6-8,11-15H2,1H3;1H. The Morgan fingerprint density at radius 3 is 2.70 bits per heavy atom. The molecule has 0 spiro atoms. The Balaban J connectivity index is 0.00000192. The van der Waals surface area contributed by atoms with Crippen LogP contribution in [-0.4, -0.2) is 29.5 Å². The van der Waals surface area contributed by atoms with Crippen molar-refractivity contribution >= 4 is 23.3 Å². The number of likely N-dealkylation sites (tertiary alicyclic amines) is 1. The van der Waals surface area contributed by atoms with Gasteiger partial charge in [0.05, 0.1) is 0 Å². The topological polar surface area (TPSA) is 19.0 Å². The highest BCUT2D eigenvalue weighted by Crippen LogP contribution is 2.23. The van der Waals surface area contributed by atoms with Crippen molar-refractivity contribution in [1.82, 2.24) is 9.88 Å². The van der Waals surface area contributed by atoms with Gasteiger partial charge in [-0.3, -0.25) is 0 Å². The summed E-state index contributed by atoms with van der Waals surface area (Å²) in [5.74, 6) is 1.00. The molecule has 0 amide bonds. The first kappa shape index (κ1) is 18.4. The maximum absolute atomic E-state index is 3.39. The maximum atomic E-state index is 3.39. The van der Waals surface area contributed by atoms with Gasteiger partial charge in [-0.2, -0.15) is 0 Å². The van der Waals surface area contributed by atoms with Crippen molar-refractivity contribution in [3.8, 4) is 0 Å². The van der Waals surface area contributed by atoms with Crippen molar-refractivity contribution in [1.29, 1.82) is 0 Å². The summed E-state index contributed by atoms with van der Waals surface area (Å²) in [6.45, 7) is 6.21. The number of aromatic amines is 1. The lowest BCUT2D eigenvalue weighted by Gasteiger charge is -2.32. The van der Waals surface area contributed by atoms with Crippen LogP contribution in [0.25, 0.3) is 10.9 Å². The second-order valence-corrected chi connectivity index (χ2v) is 6.89. The number of benzene rings is 1. The van der Waals surface area contributed by atoms with E-state index in [0.717, 1.165) is 5.92 Å². The second kappa shape index (κ2) is 9.34. The van der Waals surface area contributed by atoms with Crippen molar-refractivity contribution in [2.75, 3.05) is 19.6 Å². The first-order valence-electron chi connectivity index (χ1n) is 9.14. The summed E-state index contributed by atoms with van der Waals surface area (Å²) in [7, 11) is 0. The van der Waals surface area contributed by atoms with Gasteiger partial charge in [0, 0.05) is 17.1 Å². The summed E-state index contributed by atoms with van der Waals surface area (Å²) in [5.41, 5.74) is 2.75. The van der Waals surface area contributed by atoms with Crippen molar-refractivity contribution in [2.45, 2.75) is 51.9 Å². The number of para-hydroxylation sites is 1. The number of halogens is 1. The highest BCUT2D eigenvalue weighted by atomic mass is 35.5. The van der Waals surface area contributed by atoms with E-state index in [1.807, 2.05) is 0 Å². The van der Waals surface area contributed by atoms with Gasteiger partial charge in [-0.25, -0.2) is 0 Å². The van der Waals surface area contributed by atoms with E-state index < -0.39 is 0 Å². The Kier molecular flexibility index (Phi) is 7.45. The van der Waals surface area contributed by atoms with Crippen molar-refractivity contribution in [2.24, 2.45) is 5.92 Å². The van der Waals surface area contributed by atoms with Crippen molar-refractivity contribution < 1.29 is 0 Å². The average Bonchev–Trinajstić information content (AvgIpc) is 2.98. The Morgan fingerprint density at radius 2 is 1.91 bits per heavy atom. The van der Waals surface area contributed by atoms with E-state index >= 15 is 0 Å². The third-order valence-electron chi connectivity index (χ3n) is 5.27. The van der Waals surface area contributed by atoms with Crippen LogP contribution in [0.3, 0.4) is 0 Å². The van der Waals surface area contributed by atoms with E-state index in [9.17, 15) is 0 Å². The SMILES string of the molecule is CCCCC1CCN(CCCc2c[nH]c3ccccc23)CC1.Cl. The molecule has 1 aromatic heterocycles. The van der Waals surface area contributed by atoms with Crippen LogP contribution in [-0.2, 0) is 6.42 Å². The predicted molar refractivity (Wildman–Crippen MR) is 103 cm³/mol. The molecule has 1 N–H and O–H groups in total. The molecule has 0 unspecified atom stereocenters. The third kappa shape index (κ3) is 4.99. The Labute approximate surface area is 147 Å². The molecule has 1 aliphatic heterocycles. The summed E-state index contributed by atoms with van der Waals surface area (Å²) in [6.07, 6.45) is 11.7. The summed E-state index contributed by atoms with van der Waals surface area (Å²) >= 11 is 0. The van der Waals surface area contributed by atoms with Crippen LogP contribution in [0.2, 0.25) is 0 Å². The number of hydrogen-bond acceptors (Lipinski definition) is 1. The van der Waals surface area contributed by atoms with Gasteiger partial charge in [0.25, 0.3) is 0 Å². The van der Waals surface area contributed by atoms with Crippen LogP contribution in [0.4, 0.5) is 0 Å². The smallest absolute Gasteiger partial charge is 0.0456 e. The molecule has 128 valence electrons. The number of nitrogens with zero attached hydrogens (tertiary/aromatic N) is 1. The van der Waals surface area contributed by atoms with Crippen LogP contribution < -0.4 is 0 Å². The lowest BCUT2D eigenvalue weighted by molar-refractivity contribution is 0.176. The fourth-order valence-electron chi connectivity index (χ4n) is 3.82. The lowest BCUT2D eigenvalue weighted by atomic mass is 9.91. The van der Waals surface area contributed by atoms with E-state index in [1.54, 1.807) is 0 Å². The zero-order valence-corrected chi connectivity index (χ0v) is 15.2. The molecule has 1 aliphatic rings. The molecule has 0 bridgehead atoms. The van der Waals surface area contributed by atoms with Crippen molar-refractivity contribution in [3.63, 3.8) is 0 Å². The largest absolute Gasteiger partial charge is 0.361 e. The summed E-state index contributed by atoms with van der Waals surface area (Å²) in [5, 5.41) is 1.40. The molecule has 3 heteroatoms. The number of rotatable bonds is 7. The summed E-state index contributed by atoms with van der Waals surface area (Å²) in [4.78, 5) is 6.07. The number of fused-ring (bicyclic) bond motifs is 1. The number of nitrogens with one attached hydrogen (secondary N) is 1. The van der Waals surface area contributed by atoms with E-state index in [4.69, 9.17) is 0 Å². The number of aryl methyl sites for hydroxylation is 1. The number of piperidine rings is 1. The van der Waals surface area contributed by atoms with E-state index in [0.29, 0.717) is 0 Å². The van der Waals surface area contributed by atoms with Crippen LogP contribution in [0.15, 0.2) is 30.5 Å². The number of hydrogen-bond donors (Lipinski definition) is 1. The molecule has 0 atom stereocenters. The number of aromatic nitrogens is 1. The molecule has 0 saturated carbocycles. The van der Waals surface area contributed by atoms with Crippen LogP contribution >= 0.6 is 12.4 Å². The Morgan fingerprint density at radius 1 is 1.13 bits per heavy atom. The van der Waals surface area contributed by atoms with Gasteiger partial charge in [0.1, 0.15) is 0 Å². The fourth-order valence-corrected chi connectivity index (χ4v) is 3.82. The summed E-state index contributed by atoms with van der Waals surface area (Å²) < 4.78 is 0. The van der Waals surface area contributed by atoms with E-state index in [1.165, 1.54) is 81.0 Å². The van der Waals surface area contributed by atoms with Crippen LogP contribution in [0, 0.1) is 5.92 Å². The lowest BCUT2D eigenvalue weighted by Crippen LogP contribution is -2.34. The van der Waals surface area contributed by atoms with Crippen molar-refractivity contribution in [3.05, 3.63) is 36.0 Å². The third-order valence-corrected chi connectivity index (χ3v) is 5.27. The van der Waals surface area contributed by atoms with Gasteiger partial charge in [0.2, 0.25) is 0 Å². The fraction of sp³-hybridized carbons (Fsp3) is 0.600. The normalized spacial score (nSPS) is 16.6. The van der Waals surface area contributed by atoms with Gasteiger partial charge in [0.15, 0.2) is 0 Å². The van der Waals surface area contributed by atoms with Gasteiger partial charge >= 0.3 is 0 Å². The van der Waals surface area contributed by atoms with Gasteiger partial charge in [-0.15, -0.1) is 12.4 Å². The molecule has 1 fully saturated rings. The first-order chi connectivity index (χ1) is 10.9. The predicted octanol–water partition coefficient (Wildman–Crippen LogP) is 5.42. The molecule has 2 nitrogen and oxygen atoms in total. The molecular weight excluding hydrogens is 304 g/mol. The zero-order chi connectivity index (χ0) is 15.2. The van der Waals surface area contributed by atoms with Crippen LogP contribution in [0.5, 0.6) is 0 Å². The highest BCUT2D eigenvalue weighted by Gasteiger charge is 2.18. The monoisotopic (exact) mass is 334 g/mol. The Hall–Kier alpha value is -0.990. The summed E-state index contributed by atoms with van der Waals surface area (Å²) in [6, 6.07) is 8.65. The molecule has 3 rings (SSSR count). The van der Waals surface area contributed by atoms with Crippen LogP contribution in [0.1, 0.15) is 51.0 Å². The molecule has 2 heterocycles. The molecule has 0 radical (unpaired) electrons. The number of H-pyrrole nitrogens is 1. The van der Waals surface area contributed by atoms with E-state index in [-0.39, 0.29) is 12.4 Å². The molecule has 0 aliphatic carbocycles. The molecule has 2 aromatic rings. The first-order valence-corrected chi connectivity index (χ1v) is 9.14. The average molecular weight is 335 g/mol. The molecule has 1 saturated heterocycles. The van der Waals surface area contributed by atoms with Gasteiger partial charge < -0.3 is 9.88 Å². The molecule has 1 aromatic carbocycles. The maximum Gasteiger partial charge on any atom is 0.0456 e. The minimum atomic E-state index is 0.